The fraction of sp³-hybridized carbons (Fsp3) is 0.368. The average Bonchev–Trinajstić information content (AvgIpc) is 3.18. The number of hydrogen-bond acceptors (Lipinski definition) is 5. The molecule has 0 aliphatic carbocycles. The molecule has 1 aliphatic rings. The van der Waals surface area contributed by atoms with Crippen LogP contribution in [-0.4, -0.2) is 62.8 Å². The lowest BCUT2D eigenvalue weighted by atomic mass is 10.2. The maximum Gasteiger partial charge on any atom is 0.257 e. The molecule has 140 valence electrons. The van der Waals surface area contributed by atoms with Crippen molar-refractivity contribution in [1.29, 1.82) is 0 Å². The highest BCUT2D eigenvalue weighted by Gasteiger charge is 2.24. The molecule has 0 radical (unpaired) electrons. The molecule has 0 N–H and O–H groups in total. The van der Waals surface area contributed by atoms with Crippen LogP contribution in [0.2, 0.25) is 0 Å². The van der Waals surface area contributed by atoms with Crippen LogP contribution >= 0.6 is 0 Å². The van der Waals surface area contributed by atoms with Crippen molar-refractivity contribution in [3.8, 4) is 0 Å². The smallest absolute Gasteiger partial charge is 0.257 e. The van der Waals surface area contributed by atoms with Gasteiger partial charge in [-0.15, -0.1) is 0 Å². The summed E-state index contributed by atoms with van der Waals surface area (Å²) in [4.78, 5) is 30.3. The topological polar surface area (TPSA) is 84.5 Å². The van der Waals surface area contributed by atoms with Gasteiger partial charge in [-0.3, -0.25) is 9.59 Å². The molecule has 8 nitrogen and oxygen atoms in total. The molecular weight excluding hydrogens is 346 g/mol. The van der Waals surface area contributed by atoms with E-state index < -0.39 is 0 Å². The van der Waals surface area contributed by atoms with E-state index >= 15 is 0 Å². The van der Waals surface area contributed by atoms with E-state index in [1.54, 1.807) is 22.8 Å². The quantitative estimate of drug-likeness (QED) is 0.704. The van der Waals surface area contributed by atoms with E-state index in [1.165, 1.54) is 11.1 Å². The summed E-state index contributed by atoms with van der Waals surface area (Å²) >= 11 is 0. The van der Waals surface area contributed by atoms with Gasteiger partial charge >= 0.3 is 0 Å². The van der Waals surface area contributed by atoms with Gasteiger partial charge in [-0.25, -0.2) is 0 Å². The van der Waals surface area contributed by atoms with Gasteiger partial charge in [0.2, 0.25) is 5.91 Å². The summed E-state index contributed by atoms with van der Waals surface area (Å²) in [5.41, 5.74) is 2.13. The molecule has 3 aromatic rings. The van der Waals surface area contributed by atoms with Crippen LogP contribution in [-0.2, 0) is 11.3 Å². The van der Waals surface area contributed by atoms with Crippen LogP contribution in [0.3, 0.4) is 0 Å². The lowest BCUT2D eigenvalue weighted by Crippen LogP contribution is -2.39. The van der Waals surface area contributed by atoms with Crippen molar-refractivity contribution in [3.05, 3.63) is 47.9 Å². The minimum absolute atomic E-state index is 0.0379. The van der Waals surface area contributed by atoms with Gasteiger partial charge in [-0.2, -0.15) is 15.0 Å². The number of carbonyl (C=O) groups is 2. The number of benzene rings is 1. The highest BCUT2D eigenvalue weighted by atomic mass is 16.3. The first-order chi connectivity index (χ1) is 13.1. The van der Waals surface area contributed by atoms with Crippen molar-refractivity contribution in [2.24, 2.45) is 0 Å². The molecule has 3 heterocycles. The fourth-order valence-corrected chi connectivity index (χ4v) is 3.34. The summed E-state index contributed by atoms with van der Waals surface area (Å²) in [7, 11) is 0. The highest BCUT2D eigenvalue weighted by Crippen LogP contribution is 2.14. The number of amides is 2. The molecule has 8 heteroatoms. The average molecular weight is 367 g/mol. The Kier molecular flexibility index (Phi) is 4.62. The Morgan fingerprint density at radius 2 is 1.67 bits per heavy atom. The Bertz CT molecular complexity index is 944. The van der Waals surface area contributed by atoms with E-state index in [-0.39, 0.29) is 18.4 Å². The van der Waals surface area contributed by atoms with Crippen LogP contribution in [0.1, 0.15) is 22.5 Å². The molecule has 1 aromatic carbocycles. The molecule has 4 rings (SSSR count). The zero-order chi connectivity index (χ0) is 18.8. The van der Waals surface area contributed by atoms with Crippen molar-refractivity contribution >= 4 is 22.8 Å². The van der Waals surface area contributed by atoms with E-state index in [2.05, 4.69) is 10.2 Å². The number of rotatable bonds is 3. The monoisotopic (exact) mass is 367 g/mol. The van der Waals surface area contributed by atoms with Crippen molar-refractivity contribution in [2.75, 3.05) is 26.2 Å². The van der Waals surface area contributed by atoms with Gasteiger partial charge < -0.3 is 14.2 Å². The standard InChI is InChI=1S/C19H21N5O3/c1-14-15(7-12-27-14)19(26)23-9-4-8-22(10-11-23)18(25)13-24-20-16-5-2-3-6-17(16)21-24/h2-3,5-7,12H,4,8-11,13H2,1H3. The summed E-state index contributed by atoms with van der Waals surface area (Å²) in [5.74, 6) is 0.536. The maximum absolute atomic E-state index is 12.7. The molecule has 2 amide bonds. The predicted molar refractivity (Wildman–Crippen MR) is 98.1 cm³/mol. The maximum atomic E-state index is 12.7. The number of hydrogen-bond donors (Lipinski definition) is 0. The van der Waals surface area contributed by atoms with Gasteiger partial charge in [-0.05, 0) is 31.5 Å². The first kappa shape index (κ1) is 17.3. The second kappa shape index (κ2) is 7.22. The van der Waals surface area contributed by atoms with Gasteiger partial charge in [0.25, 0.3) is 5.91 Å². The first-order valence-corrected chi connectivity index (χ1v) is 9.03. The van der Waals surface area contributed by atoms with Gasteiger partial charge in [-0.1, -0.05) is 12.1 Å². The van der Waals surface area contributed by atoms with Crippen LogP contribution in [0, 0.1) is 6.92 Å². The third-order valence-electron chi connectivity index (χ3n) is 4.83. The molecule has 0 atom stereocenters. The summed E-state index contributed by atoms with van der Waals surface area (Å²) in [5, 5.41) is 8.68. The minimum Gasteiger partial charge on any atom is -0.469 e. The van der Waals surface area contributed by atoms with Crippen LogP contribution < -0.4 is 0 Å². The van der Waals surface area contributed by atoms with Gasteiger partial charge in [0.05, 0.1) is 11.8 Å². The summed E-state index contributed by atoms with van der Waals surface area (Å²) in [6.45, 7) is 4.13. The Morgan fingerprint density at radius 3 is 2.33 bits per heavy atom. The van der Waals surface area contributed by atoms with E-state index in [9.17, 15) is 9.59 Å². The molecule has 1 saturated heterocycles. The summed E-state index contributed by atoms with van der Waals surface area (Å²) < 4.78 is 5.23. The number of nitrogens with zero attached hydrogens (tertiary/aromatic N) is 5. The fourth-order valence-electron chi connectivity index (χ4n) is 3.34. The number of furan rings is 1. The molecular formula is C19H21N5O3. The van der Waals surface area contributed by atoms with Crippen molar-refractivity contribution in [2.45, 2.75) is 19.9 Å². The SMILES string of the molecule is Cc1occc1C(=O)N1CCCN(C(=O)Cn2nc3ccccc3n2)CC1. The molecule has 1 aliphatic heterocycles. The molecule has 27 heavy (non-hydrogen) atoms. The largest absolute Gasteiger partial charge is 0.469 e. The third kappa shape index (κ3) is 3.55. The lowest BCUT2D eigenvalue weighted by Gasteiger charge is -2.22. The molecule has 0 unspecified atom stereocenters. The number of aryl methyl sites for hydroxylation is 1. The van der Waals surface area contributed by atoms with Gasteiger partial charge in [0, 0.05) is 26.2 Å². The predicted octanol–water partition coefficient (Wildman–Crippen LogP) is 1.71. The third-order valence-corrected chi connectivity index (χ3v) is 4.83. The lowest BCUT2D eigenvalue weighted by molar-refractivity contribution is -0.132. The molecule has 1 fully saturated rings. The Labute approximate surface area is 156 Å². The molecule has 0 saturated carbocycles. The number of fused-ring (bicyclic) bond motifs is 1. The second-order valence-electron chi connectivity index (χ2n) is 6.64. The van der Waals surface area contributed by atoms with E-state index in [0.29, 0.717) is 37.5 Å². The molecule has 0 spiro atoms. The van der Waals surface area contributed by atoms with Gasteiger partial charge in [0.15, 0.2) is 0 Å². The highest BCUT2D eigenvalue weighted by molar-refractivity contribution is 5.95. The van der Waals surface area contributed by atoms with Crippen LogP contribution in [0.15, 0.2) is 41.0 Å². The van der Waals surface area contributed by atoms with Crippen molar-refractivity contribution < 1.29 is 14.0 Å². The van der Waals surface area contributed by atoms with Crippen LogP contribution in [0.5, 0.6) is 0 Å². The number of aromatic nitrogens is 3. The minimum atomic E-state index is -0.0458. The Balaban J connectivity index is 1.39. The normalized spacial score (nSPS) is 15.1. The van der Waals surface area contributed by atoms with Gasteiger partial charge in [0.1, 0.15) is 23.3 Å². The van der Waals surface area contributed by atoms with Crippen LogP contribution in [0.25, 0.3) is 11.0 Å². The summed E-state index contributed by atoms with van der Waals surface area (Å²) in [6, 6.07) is 9.23. The Morgan fingerprint density at radius 1 is 1.00 bits per heavy atom. The molecule has 0 bridgehead atoms. The first-order valence-electron chi connectivity index (χ1n) is 9.03. The van der Waals surface area contributed by atoms with E-state index in [4.69, 9.17) is 4.42 Å². The zero-order valence-electron chi connectivity index (χ0n) is 15.2. The van der Waals surface area contributed by atoms with Crippen molar-refractivity contribution in [3.63, 3.8) is 0 Å². The van der Waals surface area contributed by atoms with Crippen molar-refractivity contribution in [1.82, 2.24) is 24.8 Å². The van der Waals surface area contributed by atoms with Crippen LogP contribution in [0.4, 0.5) is 0 Å². The molecule has 2 aromatic heterocycles. The summed E-state index contributed by atoms with van der Waals surface area (Å²) in [6.07, 6.45) is 2.26. The number of carbonyl (C=O) groups excluding carboxylic acids is 2. The van der Waals surface area contributed by atoms with E-state index in [1.807, 2.05) is 24.3 Å². The zero-order valence-corrected chi connectivity index (χ0v) is 15.2. The van der Waals surface area contributed by atoms with E-state index in [0.717, 1.165) is 17.5 Å². The Hall–Kier alpha value is -3.16. The second-order valence-corrected chi connectivity index (χ2v) is 6.64.